The molecule has 1 aromatic heterocycles. The van der Waals surface area contributed by atoms with Crippen molar-refractivity contribution in [1.29, 1.82) is 0 Å². The van der Waals surface area contributed by atoms with Crippen LogP contribution in [0.5, 0.6) is 5.75 Å². The van der Waals surface area contributed by atoms with E-state index in [1.165, 1.54) is 0 Å². The van der Waals surface area contributed by atoms with Gasteiger partial charge in [0.05, 0.1) is 22.0 Å². The number of benzene rings is 1. The average molecular weight is 307 g/mol. The first kappa shape index (κ1) is 15.6. The number of hydrogen-bond donors (Lipinski definition) is 0. The van der Waals surface area contributed by atoms with Gasteiger partial charge in [0.15, 0.2) is 6.29 Å². The number of nitrogens with zero attached hydrogens (tertiary/aromatic N) is 2. The molecule has 0 saturated carbocycles. The molecule has 0 N–H and O–H groups in total. The van der Waals surface area contributed by atoms with E-state index in [2.05, 4.69) is 5.10 Å². The van der Waals surface area contributed by atoms with Crippen LogP contribution in [0.15, 0.2) is 18.2 Å². The van der Waals surface area contributed by atoms with E-state index in [1.807, 2.05) is 31.5 Å². The van der Waals surface area contributed by atoms with E-state index in [0.29, 0.717) is 22.9 Å². The van der Waals surface area contributed by atoms with Gasteiger partial charge in [-0.1, -0.05) is 30.2 Å². The molecular weight excluding hydrogens is 288 g/mol. The second-order valence-corrected chi connectivity index (χ2v) is 5.20. The Bertz CT molecular complexity index is 650. The van der Waals surface area contributed by atoms with Crippen molar-refractivity contribution in [3.63, 3.8) is 0 Å². The number of aromatic nitrogens is 2. The molecule has 112 valence electrons. The van der Waals surface area contributed by atoms with E-state index in [4.69, 9.17) is 16.3 Å². The minimum Gasteiger partial charge on any atom is -0.487 e. The number of halogens is 1. The highest BCUT2D eigenvalue weighted by molar-refractivity contribution is 6.31. The third kappa shape index (κ3) is 3.27. The quantitative estimate of drug-likeness (QED) is 0.762. The van der Waals surface area contributed by atoms with Crippen LogP contribution in [0.4, 0.5) is 0 Å². The lowest BCUT2D eigenvalue weighted by Gasteiger charge is -2.10. The summed E-state index contributed by atoms with van der Waals surface area (Å²) in [6.45, 7) is 6.99. The van der Waals surface area contributed by atoms with Gasteiger partial charge in [-0.25, -0.2) is 0 Å². The van der Waals surface area contributed by atoms with E-state index in [9.17, 15) is 4.79 Å². The van der Waals surface area contributed by atoms with E-state index in [1.54, 1.807) is 12.1 Å². The van der Waals surface area contributed by atoms with Crippen molar-refractivity contribution >= 4 is 17.9 Å². The Hall–Kier alpha value is -1.81. The van der Waals surface area contributed by atoms with E-state index >= 15 is 0 Å². The zero-order valence-corrected chi connectivity index (χ0v) is 13.3. The van der Waals surface area contributed by atoms with Gasteiger partial charge in [0.2, 0.25) is 0 Å². The number of carbonyl (C=O) groups is 1. The van der Waals surface area contributed by atoms with E-state index < -0.39 is 0 Å². The van der Waals surface area contributed by atoms with Crippen LogP contribution < -0.4 is 4.74 Å². The maximum atomic E-state index is 11.1. The van der Waals surface area contributed by atoms with Crippen molar-refractivity contribution in [1.82, 2.24) is 9.78 Å². The minimum atomic E-state index is 0.295. The van der Waals surface area contributed by atoms with Gasteiger partial charge in [-0.05, 0) is 32.4 Å². The molecule has 0 aliphatic carbocycles. The highest BCUT2D eigenvalue weighted by Crippen LogP contribution is 2.25. The fourth-order valence-electron chi connectivity index (χ4n) is 2.19. The van der Waals surface area contributed by atoms with Crippen molar-refractivity contribution in [3.05, 3.63) is 45.7 Å². The van der Waals surface area contributed by atoms with Crippen LogP contribution in [0.1, 0.15) is 41.2 Å². The maximum Gasteiger partial charge on any atom is 0.153 e. The standard InChI is InChI=1S/C16H19ClN2O2/c1-4-13-16(17)14(19(5-2)18-13)10-21-15-7-6-11(3)8-12(15)9-20/h6-9H,4-5,10H2,1-3H3. The molecule has 0 saturated heterocycles. The summed E-state index contributed by atoms with van der Waals surface area (Å²) >= 11 is 6.34. The van der Waals surface area contributed by atoms with Crippen molar-refractivity contribution in [2.45, 2.75) is 40.3 Å². The molecule has 0 aliphatic heterocycles. The van der Waals surface area contributed by atoms with Crippen LogP contribution >= 0.6 is 11.6 Å². The molecule has 2 rings (SSSR count). The summed E-state index contributed by atoms with van der Waals surface area (Å²) in [5, 5.41) is 5.10. The zero-order chi connectivity index (χ0) is 15.4. The first-order valence-corrected chi connectivity index (χ1v) is 7.41. The molecule has 1 heterocycles. The summed E-state index contributed by atoms with van der Waals surface area (Å²) < 4.78 is 7.62. The van der Waals surface area contributed by atoms with Crippen molar-refractivity contribution in [2.75, 3.05) is 0 Å². The molecule has 5 heteroatoms. The normalized spacial score (nSPS) is 10.7. The summed E-state index contributed by atoms with van der Waals surface area (Å²) in [5.74, 6) is 0.563. The molecule has 0 amide bonds. The van der Waals surface area contributed by atoms with Gasteiger partial charge in [-0.2, -0.15) is 5.10 Å². The molecule has 21 heavy (non-hydrogen) atoms. The van der Waals surface area contributed by atoms with Gasteiger partial charge >= 0.3 is 0 Å². The monoisotopic (exact) mass is 306 g/mol. The second kappa shape index (κ2) is 6.76. The highest BCUT2D eigenvalue weighted by atomic mass is 35.5. The van der Waals surface area contributed by atoms with Gasteiger partial charge < -0.3 is 4.74 Å². The highest BCUT2D eigenvalue weighted by Gasteiger charge is 2.15. The summed E-state index contributed by atoms with van der Waals surface area (Å²) in [6.07, 6.45) is 1.58. The number of carbonyl (C=O) groups excluding carboxylic acids is 1. The number of hydrogen-bond acceptors (Lipinski definition) is 3. The topological polar surface area (TPSA) is 44.1 Å². The first-order valence-electron chi connectivity index (χ1n) is 7.03. The number of ether oxygens (including phenoxy) is 1. The van der Waals surface area contributed by atoms with Gasteiger partial charge in [0.25, 0.3) is 0 Å². The molecule has 0 bridgehead atoms. The number of aldehydes is 1. The van der Waals surface area contributed by atoms with Crippen LogP contribution in [-0.4, -0.2) is 16.1 Å². The fourth-order valence-corrected chi connectivity index (χ4v) is 2.52. The van der Waals surface area contributed by atoms with E-state index in [0.717, 1.165) is 36.2 Å². The predicted molar refractivity (Wildman–Crippen MR) is 83.2 cm³/mol. The third-order valence-electron chi connectivity index (χ3n) is 3.35. The van der Waals surface area contributed by atoms with Crippen LogP contribution in [0.25, 0.3) is 0 Å². The van der Waals surface area contributed by atoms with Crippen LogP contribution in [-0.2, 0) is 19.6 Å². The zero-order valence-electron chi connectivity index (χ0n) is 12.5. The lowest BCUT2D eigenvalue weighted by atomic mass is 10.1. The van der Waals surface area contributed by atoms with E-state index in [-0.39, 0.29) is 0 Å². The minimum absolute atomic E-state index is 0.295. The Kier molecular flexibility index (Phi) is 5.02. The molecular formula is C16H19ClN2O2. The van der Waals surface area contributed by atoms with Crippen LogP contribution in [0, 0.1) is 6.92 Å². The smallest absolute Gasteiger partial charge is 0.153 e. The maximum absolute atomic E-state index is 11.1. The number of rotatable bonds is 6. The molecule has 0 atom stereocenters. The lowest BCUT2D eigenvalue weighted by molar-refractivity contribution is 0.111. The predicted octanol–water partition coefficient (Wildman–Crippen LogP) is 3.82. The third-order valence-corrected chi connectivity index (χ3v) is 3.79. The molecule has 0 fully saturated rings. The molecule has 2 aromatic rings. The summed E-state index contributed by atoms with van der Waals surface area (Å²) in [4.78, 5) is 11.1. The van der Waals surface area contributed by atoms with Crippen LogP contribution in [0.2, 0.25) is 5.02 Å². The van der Waals surface area contributed by atoms with Gasteiger partial charge in [-0.3, -0.25) is 9.48 Å². The first-order chi connectivity index (χ1) is 10.1. The Morgan fingerprint density at radius 2 is 2.14 bits per heavy atom. The SMILES string of the molecule is CCc1nn(CC)c(COc2ccc(C)cc2C=O)c1Cl. The molecule has 0 radical (unpaired) electrons. The summed E-state index contributed by atoms with van der Waals surface area (Å²) in [7, 11) is 0. The lowest BCUT2D eigenvalue weighted by Crippen LogP contribution is -2.07. The van der Waals surface area contributed by atoms with Crippen molar-refractivity contribution in [2.24, 2.45) is 0 Å². The number of aryl methyl sites for hydroxylation is 3. The molecule has 0 unspecified atom stereocenters. The van der Waals surface area contributed by atoms with Crippen molar-refractivity contribution < 1.29 is 9.53 Å². The Morgan fingerprint density at radius 3 is 2.76 bits per heavy atom. The molecule has 0 aliphatic rings. The van der Waals surface area contributed by atoms with Crippen molar-refractivity contribution in [3.8, 4) is 5.75 Å². The van der Waals surface area contributed by atoms with Gasteiger partial charge in [-0.15, -0.1) is 0 Å². The summed E-state index contributed by atoms with van der Waals surface area (Å²) in [5.41, 5.74) is 3.28. The largest absolute Gasteiger partial charge is 0.487 e. The average Bonchev–Trinajstić information content (AvgIpc) is 2.81. The Morgan fingerprint density at radius 1 is 1.38 bits per heavy atom. The summed E-state index contributed by atoms with van der Waals surface area (Å²) in [6, 6.07) is 5.53. The molecule has 1 aromatic carbocycles. The van der Waals surface area contributed by atoms with Crippen LogP contribution in [0.3, 0.4) is 0 Å². The van der Waals surface area contributed by atoms with Gasteiger partial charge in [0.1, 0.15) is 12.4 Å². The fraction of sp³-hybridized carbons (Fsp3) is 0.375. The van der Waals surface area contributed by atoms with Gasteiger partial charge in [0, 0.05) is 6.54 Å². The Labute approximate surface area is 129 Å². The molecule has 4 nitrogen and oxygen atoms in total. The second-order valence-electron chi connectivity index (χ2n) is 4.82. The Balaban J connectivity index is 2.24. The molecule has 0 spiro atoms.